The third-order valence-corrected chi connectivity index (χ3v) is 3.55. The third-order valence-electron chi connectivity index (χ3n) is 3.55. The predicted octanol–water partition coefficient (Wildman–Crippen LogP) is 3.35. The van der Waals surface area contributed by atoms with Crippen molar-refractivity contribution in [3.05, 3.63) is 35.4 Å². The van der Waals surface area contributed by atoms with E-state index in [2.05, 4.69) is 50.4 Å². The van der Waals surface area contributed by atoms with E-state index in [9.17, 15) is 0 Å². The molecule has 0 amide bonds. The Morgan fingerprint density at radius 3 is 2.75 bits per heavy atom. The Morgan fingerprint density at radius 1 is 1.31 bits per heavy atom. The smallest absolute Gasteiger partial charge is 0.00104 e. The van der Waals surface area contributed by atoms with Gasteiger partial charge in [-0.3, -0.25) is 0 Å². The van der Waals surface area contributed by atoms with Crippen molar-refractivity contribution in [1.29, 1.82) is 0 Å². The first-order valence-electron chi connectivity index (χ1n) is 6.53. The van der Waals surface area contributed by atoms with Crippen LogP contribution in [-0.2, 0) is 6.42 Å². The molecule has 0 radical (unpaired) electrons. The molecule has 1 saturated carbocycles. The lowest BCUT2D eigenvalue weighted by Gasteiger charge is -2.09. The largest absolute Gasteiger partial charge is 0.314 e. The van der Waals surface area contributed by atoms with Crippen LogP contribution in [0, 0.1) is 5.92 Å². The SMILES string of the molecule is CCc1ccccc1C1CC1CNC(C)C. The van der Waals surface area contributed by atoms with Crippen LogP contribution in [0.1, 0.15) is 44.2 Å². The van der Waals surface area contributed by atoms with Crippen LogP contribution in [0.15, 0.2) is 24.3 Å². The van der Waals surface area contributed by atoms with Gasteiger partial charge in [-0.15, -0.1) is 0 Å². The summed E-state index contributed by atoms with van der Waals surface area (Å²) in [5.74, 6) is 1.69. The van der Waals surface area contributed by atoms with E-state index in [0.717, 1.165) is 18.3 Å². The highest BCUT2D eigenvalue weighted by atomic mass is 14.9. The number of aryl methyl sites for hydroxylation is 1. The molecule has 1 aromatic carbocycles. The van der Waals surface area contributed by atoms with E-state index in [1.54, 1.807) is 11.1 Å². The molecule has 88 valence electrons. The van der Waals surface area contributed by atoms with Crippen LogP contribution in [0.4, 0.5) is 0 Å². The average Bonchev–Trinajstić information content (AvgIpc) is 3.05. The zero-order valence-electron chi connectivity index (χ0n) is 10.7. The summed E-state index contributed by atoms with van der Waals surface area (Å²) in [5, 5.41) is 3.54. The van der Waals surface area contributed by atoms with Gasteiger partial charge >= 0.3 is 0 Å². The van der Waals surface area contributed by atoms with Gasteiger partial charge in [-0.1, -0.05) is 45.0 Å². The Kier molecular flexibility index (Phi) is 3.65. The molecule has 0 heterocycles. The van der Waals surface area contributed by atoms with Crippen LogP contribution < -0.4 is 5.32 Å². The van der Waals surface area contributed by atoms with Crippen molar-refractivity contribution < 1.29 is 0 Å². The summed E-state index contributed by atoms with van der Waals surface area (Å²) in [5.41, 5.74) is 3.14. The fourth-order valence-corrected chi connectivity index (χ4v) is 2.46. The first-order chi connectivity index (χ1) is 7.72. The van der Waals surface area contributed by atoms with Gasteiger partial charge < -0.3 is 5.32 Å². The van der Waals surface area contributed by atoms with Crippen molar-refractivity contribution >= 4 is 0 Å². The fourth-order valence-electron chi connectivity index (χ4n) is 2.46. The minimum Gasteiger partial charge on any atom is -0.314 e. The standard InChI is InChI=1S/C15H23N/c1-4-12-7-5-6-8-14(12)15-9-13(15)10-16-11(2)3/h5-8,11,13,15-16H,4,9-10H2,1-3H3. The van der Waals surface area contributed by atoms with Crippen molar-refractivity contribution in [3.8, 4) is 0 Å². The van der Waals surface area contributed by atoms with Crippen molar-refractivity contribution in [2.75, 3.05) is 6.54 Å². The van der Waals surface area contributed by atoms with E-state index < -0.39 is 0 Å². The van der Waals surface area contributed by atoms with Crippen LogP contribution in [0.2, 0.25) is 0 Å². The van der Waals surface area contributed by atoms with E-state index >= 15 is 0 Å². The van der Waals surface area contributed by atoms with Crippen molar-refractivity contribution in [2.24, 2.45) is 5.92 Å². The lowest BCUT2D eigenvalue weighted by molar-refractivity contribution is 0.554. The summed E-state index contributed by atoms with van der Waals surface area (Å²) in [7, 11) is 0. The van der Waals surface area contributed by atoms with Gasteiger partial charge in [0.15, 0.2) is 0 Å². The topological polar surface area (TPSA) is 12.0 Å². The van der Waals surface area contributed by atoms with Crippen LogP contribution in [0.25, 0.3) is 0 Å². The van der Waals surface area contributed by atoms with Crippen LogP contribution >= 0.6 is 0 Å². The molecular weight excluding hydrogens is 194 g/mol. The van der Waals surface area contributed by atoms with Gasteiger partial charge in [-0.25, -0.2) is 0 Å². The van der Waals surface area contributed by atoms with Crippen molar-refractivity contribution in [2.45, 2.75) is 45.6 Å². The normalized spacial score (nSPS) is 23.8. The van der Waals surface area contributed by atoms with Crippen molar-refractivity contribution in [1.82, 2.24) is 5.32 Å². The Hall–Kier alpha value is -0.820. The highest BCUT2D eigenvalue weighted by molar-refractivity contribution is 5.34. The summed E-state index contributed by atoms with van der Waals surface area (Å²) in [6, 6.07) is 9.55. The second-order valence-electron chi connectivity index (χ2n) is 5.22. The monoisotopic (exact) mass is 217 g/mol. The first kappa shape index (κ1) is 11.7. The second kappa shape index (κ2) is 5.01. The molecule has 1 aliphatic rings. The van der Waals surface area contributed by atoms with Gasteiger partial charge in [0, 0.05) is 6.04 Å². The Bertz CT molecular complexity index is 343. The molecule has 1 nitrogen and oxygen atoms in total. The lowest BCUT2D eigenvalue weighted by Crippen LogP contribution is -2.25. The summed E-state index contributed by atoms with van der Waals surface area (Å²) >= 11 is 0. The van der Waals surface area contributed by atoms with Crippen molar-refractivity contribution in [3.63, 3.8) is 0 Å². The Morgan fingerprint density at radius 2 is 2.06 bits per heavy atom. The molecule has 1 aliphatic carbocycles. The Labute approximate surface area is 99.3 Å². The minimum atomic E-state index is 0.614. The molecule has 2 rings (SSSR count). The van der Waals surface area contributed by atoms with Gasteiger partial charge in [0.05, 0.1) is 0 Å². The highest BCUT2D eigenvalue weighted by Gasteiger charge is 2.38. The van der Waals surface area contributed by atoms with E-state index in [4.69, 9.17) is 0 Å². The molecule has 16 heavy (non-hydrogen) atoms. The van der Waals surface area contributed by atoms with E-state index in [1.807, 2.05) is 0 Å². The van der Waals surface area contributed by atoms with Gasteiger partial charge in [0.2, 0.25) is 0 Å². The molecule has 2 unspecified atom stereocenters. The second-order valence-corrected chi connectivity index (χ2v) is 5.22. The summed E-state index contributed by atoms with van der Waals surface area (Å²) < 4.78 is 0. The van der Waals surface area contributed by atoms with E-state index in [0.29, 0.717) is 6.04 Å². The molecule has 0 bridgehead atoms. The third kappa shape index (κ3) is 2.65. The molecule has 0 saturated heterocycles. The molecule has 1 fully saturated rings. The average molecular weight is 217 g/mol. The molecule has 0 aliphatic heterocycles. The number of rotatable bonds is 5. The summed E-state index contributed by atoms with van der Waals surface area (Å²) in [6.45, 7) is 7.87. The number of nitrogens with one attached hydrogen (secondary N) is 1. The summed E-state index contributed by atoms with van der Waals surface area (Å²) in [6.07, 6.45) is 2.54. The Balaban J connectivity index is 1.95. The first-order valence-corrected chi connectivity index (χ1v) is 6.53. The lowest BCUT2D eigenvalue weighted by atomic mass is 10.0. The van der Waals surface area contributed by atoms with Crippen LogP contribution in [0.3, 0.4) is 0 Å². The molecule has 1 heteroatoms. The van der Waals surface area contributed by atoms with Gasteiger partial charge in [-0.05, 0) is 42.3 Å². The van der Waals surface area contributed by atoms with E-state index in [-0.39, 0.29) is 0 Å². The predicted molar refractivity (Wildman–Crippen MR) is 69.8 cm³/mol. The van der Waals surface area contributed by atoms with Gasteiger partial charge in [0.25, 0.3) is 0 Å². The van der Waals surface area contributed by atoms with Gasteiger partial charge in [-0.2, -0.15) is 0 Å². The quantitative estimate of drug-likeness (QED) is 0.797. The molecule has 1 N–H and O–H groups in total. The highest BCUT2D eigenvalue weighted by Crippen LogP contribution is 2.48. The van der Waals surface area contributed by atoms with Crippen LogP contribution in [-0.4, -0.2) is 12.6 Å². The molecular formula is C15H23N. The molecule has 2 atom stereocenters. The maximum Gasteiger partial charge on any atom is 0.00104 e. The van der Waals surface area contributed by atoms with Gasteiger partial charge in [0.1, 0.15) is 0 Å². The van der Waals surface area contributed by atoms with E-state index in [1.165, 1.54) is 13.0 Å². The maximum atomic E-state index is 3.54. The number of hydrogen-bond donors (Lipinski definition) is 1. The molecule has 0 spiro atoms. The maximum absolute atomic E-state index is 3.54. The zero-order valence-corrected chi connectivity index (χ0v) is 10.7. The number of hydrogen-bond acceptors (Lipinski definition) is 1. The van der Waals surface area contributed by atoms with Crippen LogP contribution in [0.5, 0.6) is 0 Å². The summed E-state index contributed by atoms with van der Waals surface area (Å²) in [4.78, 5) is 0. The zero-order chi connectivity index (χ0) is 11.5. The number of benzene rings is 1. The molecule has 1 aromatic rings. The fraction of sp³-hybridized carbons (Fsp3) is 0.600. The minimum absolute atomic E-state index is 0.614. The molecule has 0 aromatic heterocycles.